The Bertz CT molecular complexity index is 785. The average Bonchev–Trinajstić information content (AvgIpc) is 3.40. The summed E-state index contributed by atoms with van der Waals surface area (Å²) in [6, 6.07) is 8.26. The normalized spacial score (nSPS) is 13.5. The van der Waals surface area contributed by atoms with Crippen LogP contribution in [0.2, 0.25) is 0 Å². The van der Waals surface area contributed by atoms with Gasteiger partial charge in [-0.25, -0.2) is 4.39 Å². The number of aryl methyl sites for hydroxylation is 1. The predicted octanol–water partition coefficient (Wildman–Crippen LogP) is 4.46. The van der Waals surface area contributed by atoms with Crippen LogP contribution in [0.3, 0.4) is 0 Å². The van der Waals surface area contributed by atoms with E-state index in [0.29, 0.717) is 11.4 Å². The highest BCUT2D eigenvalue weighted by atomic mass is 32.2. The molecule has 26 heavy (non-hydrogen) atoms. The molecule has 1 aliphatic rings. The minimum atomic E-state index is -0.236. The van der Waals surface area contributed by atoms with Crippen molar-refractivity contribution in [2.75, 3.05) is 17.6 Å². The summed E-state index contributed by atoms with van der Waals surface area (Å²) in [4.78, 5) is 25.8. The van der Waals surface area contributed by atoms with Crippen LogP contribution in [0.4, 0.5) is 9.39 Å². The Morgan fingerprint density at radius 3 is 2.69 bits per heavy atom. The summed E-state index contributed by atoms with van der Waals surface area (Å²) in [5, 5.41) is 6.54. The molecule has 0 saturated heterocycles. The molecule has 0 atom stereocenters. The summed E-state index contributed by atoms with van der Waals surface area (Å²) in [6.07, 6.45) is 2.74. The lowest BCUT2D eigenvalue weighted by atomic mass is 10.2. The largest absolute Gasteiger partial charge is 0.351 e. The van der Waals surface area contributed by atoms with Crippen molar-refractivity contribution in [3.63, 3.8) is 0 Å². The van der Waals surface area contributed by atoms with E-state index >= 15 is 0 Å². The van der Waals surface area contributed by atoms with Crippen LogP contribution < -0.4 is 10.6 Å². The van der Waals surface area contributed by atoms with E-state index in [4.69, 9.17) is 0 Å². The molecule has 2 amide bonds. The number of anilines is 1. The number of hydrogen-bond acceptors (Lipinski definition) is 4. The number of benzene rings is 1. The van der Waals surface area contributed by atoms with Crippen LogP contribution >= 0.6 is 23.1 Å². The van der Waals surface area contributed by atoms with Gasteiger partial charge in [-0.2, -0.15) is 0 Å². The average molecular weight is 393 g/mol. The van der Waals surface area contributed by atoms with Gasteiger partial charge in [-0.1, -0.05) is 0 Å². The van der Waals surface area contributed by atoms with Crippen molar-refractivity contribution in [3.05, 3.63) is 46.6 Å². The standard InChI is InChI=1S/C19H21FN2O2S2/c1-12-11-16(22-18(23)13-3-4-13)26-17(12)19(24)21-9-2-10-25-15-7-5-14(20)6-8-15/h5-8,11,13H,2-4,9-10H2,1H3,(H,21,24)(H,22,23). The third-order valence-electron chi connectivity index (χ3n) is 4.01. The first-order valence-corrected chi connectivity index (χ1v) is 10.4. The topological polar surface area (TPSA) is 58.2 Å². The summed E-state index contributed by atoms with van der Waals surface area (Å²) in [6.45, 7) is 2.46. The molecule has 4 nitrogen and oxygen atoms in total. The van der Waals surface area contributed by atoms with Crippen molar-refractivity contribution >= 4 is 39.9 Å². The second-order valence-electron chi connectivity index (χ2n) is 6.30. The zero-order chi connectivity index (χ0) is 18.5. The van der Waals surface area contributed by atoms with E-state index in [0.717, 1.165) is 40.5 Å². The van der Waals surface area contributed by atoms with Gasteiger partial charge in [0, 0.05) is 17.4 Å². The highest BCUT2D eigenvalue weighted by molar-refractivity contribution is 7.99. The second-order valence-corrected chi connectivity index (χ2v) is 8.52. The highest BCUT2D eigenvalue weighted by Crippen LogP contribution is 2.32. The fourth-order valence-electron chi connectivity index (χ4n) is 2.41. The van der Waals surface area contributed by atoms with Gasteiger partial charge in [-0.05, 0) is 67.8 Å². The minimum absolute atomic E-state index is 0.0519. The molecule has 1 heterocycles. The maximum atomic E-state index is 12.8. The lowest BCUT2D eigenvalue weighted by Crippen LogP contribution is -2.24. The molecule has 0 bridgehead atoms. The van der Waals surface area contributed by atoms with Crippen LogP contribution in [0.15, 0.2) is 35.2 Å². The number of amides is 2. The Labute approximate surface area is 160 Å². The molecule has 0 aliphatic heterocycles. The number of halogens is 1. The number of hydrogen-bond donors (Lipinski definition) is 2. The fraction of sp³-hybridized carbons (Fsp3) is 0.368. The Hall–Kier alpha value is -1.86. The molecular formula is C19H21FN2O2S2. The van der Waals surface area contributed by atoms with E-state index in [1.807, 2.05) is 13.0 Å². The number of carbonyl (C=O) groups is 2. The quantitative estimate of drug-likeness (QED) is 0.515. The highest BCUT2D eigenvalue weighted by Gasteiger charge is 2.30. The van der Waals surface area contributed by atoms with Crippen molar-refractivity contribution < 1.29 is 14.0 Å². The molecule has 1 aromatic carbocycles. The van der Waals surface area contributed by atoms with E-state index in [-0.39, 0.29) is 23.5 Å². The molecule has 0 unspecified atom stereocenters. The van der Waals surface area contributed by atoms with Crippen LogP contribution in [-0.4, -0.2) is 24.1 Å². The molecular weight excluding hydrogens is 371 g/mol. The Morgan fingerprint density at radius 1 is 1.27 bits per heavy atom. The minimum Gasteiger partial charge on any atom is -0.351 e. The molecule has 1 aliphatic carbocycles. The lowest BCUT2D eigenvalue weighted by Gasteiger charge is -2.05. The molecule has 0 radical (unpaired) electrons. The summed E-state index contributed by atoms with van der Waals surface area (Å²) in [5.74, 6) is 0.703. The summed E-state index contributed by atoms with van der Waals surface area (Å²) < 4.78 is 12.8. The maximum absolute atomic E-state index is 12.8. The summed E-state index contributed by atoms with van der Waals surface area (Å²) in [5.41, 5.74) is 0.874. The van der Waals surface area contributed by atoms with Gasteiger partial charge in [-0.15, -0.1) is 23.1 Å². The van der Waals surface area contributed by atoms with Crippen molar-refractivity contribution in [2.24, 2.45) is 5.92 Å². The van der Waals surface area contributed by atoms with Gasteiger partial charge in [0.15, 0.2) is 0 Å². The van der Waals surface area contributed by atoms with E-state index in [2.05, 4.69) is 10.6 Å². The van der Waals surface area contributed by atoms with E-state index < -0.39 is 0 Å². The first-order valence-electron chi connectivity index (χ1n) is 8.61. The molecule has 2 N–H and O–H groups in total. The monoisotopic (exact) mass is 392 g/mol. The van der Waals surface area contributed by atoms with E-state index in [1.54, 1.807) is 23.9 Å². The fourth-order valence-corrected chi connectivity index (χ4v) is 4.26. The molecule has 0 spiro atoms. The first-order chi connectivity index (χ1) is 12.5. The third-order valence-corrected chi connectivity index (χ3v) is 6.26. The molecule has 1 fully saturated rings. The van der Waals surface area contributed by atoms with Gasteiger partial charge in [0.2, 0.25) is 5.91 Å². The molecule has 7 heteroatoms. The number of thiophene rings is 1. The first kappa shape index (κ1) is 18.9. The zero-order valence-electron chi connectivity index (χ0n) is 14.5. The van der Waals surface area contributed by atoms with Crippen molar-refractivity contribution in [3.8, 4) is 0 Å². The Balaban J connectivity index is 1.40. The van der Waals surface area contributed by atoms with Gasteiger partial charge < -0.3 is 10.6 Å². The van der Waals surface area contributed by atoms with Crippen LogP contribution in [0.5, 0.6) is 0 Å². The van der Waals surface area contributed by atoms with E-state index in [9.17, 15) is 14.0 Å². The van der Waals surface area contributed by atoms with Crippen molar-refractivity contribution in [1.82, 2.24) is 5.32 Å². The third kappa shape index (κ3) is 5.32. The van der Waals surface area contributed by atoms with Crippen LogP contribution in [-0.2, 0) is 4.79 Å². The molecule has 2 aromatic rings. The number of thioether (sulfide) groups is 1. The molecule has 1 saturated carbocycles. The van der Waals surface area contributed by atoms with Crippen molar-refractivity contribution in [1.29, 1.82) is 0 Å². The number of rotatable bonds is 8. The van der Waals surface area contributed by atoms with Gasteiger partial charge in [-0.3, -0.25) is 9.59 Å². The SMILES string of the molecule is Cc1cc(NC(=O)C2CC2)sc1C(=O)NCCCSc1ccc(F)cc1. The molecule has 3 rings (SSSR count). The second kappa shape index (κ2) is 8.68. The van der Waals surface area contributed by atoms with Crippen molar-refractivity contribution in [2.45, 2.75) is 31.1 Å². The molecule has 1 aromatic heterocycles. The summed E-state index contributed by atoms with van der Waals surface area (Å²) >= 11 is 2.95. The zero-order valence-corrected chi connectivity index (χ0v) is 16.1. The van der Waals surface area contributed by atoms with Gasteiger partial charge >= 0.3 is 0 Å². The van der Waals surface area contributed by atoms with Gasteiger partial charge in [0.1, 0.15) is 5.82 Å². The summed E-state index contributed by atoms with van der Waals surface area (Å²) in [7, 11) is 0. The van der Waals surface area contributed by atoms with Gasteiger partial charge in [0.05, 0.1) is 9.88 Å². The number of carbonyl (C=O) groups excluding carboxylic acids is 2. The maximum Gasteiger partial charge on any atom is 0.261 e. The number of nitrogens with one attached hydrogen (secondary N) is 2. The Kier molecular flexibility index (Phi) is 6.32. The van der Waals surface area contributed by atoms with Gasteiger partial charge in [0.25, 0.3) is 5.91 Å². The van der Waals surface area contributed by atoms with Crippen LogP contribution in [0.1, 0.15) is 34.5 Å². The smallest absolute Gasteiger partial charge is 0.261 e. The van der Waals surface area contributed by atoms with Crippen LogP contribution in [0.25, 0.3) is 0 Å². The van der Waals surface area contributed by atoms with E-state index in [1.165, 1.54) is 23.5 Å². The van der Waals surface area contributed by atoms with Crippen LogP contribution in [0, 0.1) is 18.7 Å². The predicted molar refractivity (Wildman–Crippen MR) is 104 cm³/mol. The molecule has 138 valence electrons. The lowest BCUT2D eigenvalue weighted by molar-refractivity contribution is -0.117. The Morgan fingerprint density at radius 2 is 2.00 bits per heavy atom.